The summed E-state index contributed by atoms with van der Waals surface area (Å²) in [5.74, 6) is -2.04. The number of nitrogens with zero attached hydrogens (tertiary/aromatic N) is 1. The number of cyclic esters (lactones) is 1. The smallest absolute Gasteiger partial charge is 0.420 e. The summed E-state index contributed by atoms with van der Waals surface area (Å²) in [6, 6.07) is 8.75. The van der Waals surface area contributed by atoms with Gasteiger partial charge in [0.25, 0.3) is 5.91 Å². The molecule has 1 aliphatic heterocycles. The zero-order valence-electron chi connectivity index (χ0n) is 24.3. The molecule has 0 aromatic heterocycles. The third-order valence-electron chi connectivity index (χ3n) is 6.47. The molecule has 1 fully saturated rings. The fraction of sp³-hybridized carbons (Fsp3) is 0.467. The number of carbonyl (C=O) groups is 4. The lowest BCUT2D eigenvalue weighted by atomic mass is 10.0. The van der Waals surface area contributed by atoms with Crippen LogP contribution in [-0.4, -0.2) is 65.8 Å². The molecule has 0 aliphatic carbocycles. The summed E-state index contributed by atoms with van der Waals surface area (Å²) in [6.07, 6.45) is -1.94. The molecule has 0 saturated carbocycles. The van der Waals surface area contributed by atoms with Crippen LogP contribution >= 0.6 is 15.9 Å². The van der Waals surface area contributed by atoms with Gasteiger partial charge in [-0.2, -0.15) is 0 Å². The highest BCUT2D eigenvalue weighted by molar-refractivity contribution is 9.10. The van der Waals surface area contributed by atoms with Crippen LogP contribution in [-0.2, 0) is 31.9 Å². The Morgan fingerprint density at radius 2 is 1.72 bits per heavy atom. The van der Waals surface area contributed by atoms with Crippen molar-refractivity contribution in [3.8, 4) is 0 Å². The largest absolute Gasteiger partial charge is 0.443 e. The predicted molar refractivity (Wildman–Crippen MR) is 158 cm³/mol. The molecule has 1 saturated heterocycles. The molecule has 2 aromatic carbocycles. The molecule has 0 bridgehead atoms. The van der Waals surface area contributed by atoms with E-state index in [0.29, 0.717) is 19.4 Å². The van der Waals surface area contributed by atoms with Crippen LogP contribution in [0.5, 0.6) is 0 Å². The van der Waals surface area contributed by atoms with E-state index in [1.807, 2.05) is 24.3 Å². The van der Waals surface area contributed by atoms with Crippen molar-refractivity contribution in [2.24, 2.45) is 5.73 Å². The number of benzene rings is 2. The Hall–Kier alpha value is -3.58. The second-order valence-corrected chi connectivity index (χ2v) is 12.2. The van der Waals surface area contributed by atoms with E-state index in [-0.39, 0.29) is 37.3 Å². The van der Waals surface area contributed by atoms with Crippen LogP contribution in [0.4, 0.5) is 18.4 Å². The van der Waals surface area contributed by atoms with Crippen molar-refractivity contribution in [2.75, 3.05) is 13.1 Å². The highest BCUT2D eigenvalue weighted by Gasteiger charge is 2.50. The van der Waals surface area contributed by atoms with Crippen molar-refractivity contribution in [2.45, 2.75) is 76.7 Å². The van der Waals surface area contributed by atoms with E-state index in [0.717, 1.165) is 33.1 Å². The SMILES string of the molecule is CC(C)(C)OC(=O)N1C(=O)OC(C(=O)NCCCCNC(=O)CC(N)Cc2cc(F)ccc2F)C1Cc1ccc(Br)cc1. The first kappa shape index (κ1) is 33.9. The number of rotatable bonds is 12. The molecule has 3 atom stereocenters. The topological polar surface area (TPSA) is 140 Å². The zero-order valence-corrected chi connectivity index (χ0v) is 25.9. The molecule has 3 rings (SSSR count). The first-order chi connectivity index (χ1) is 20.2. The fourth-order valence-electron chi connectivity index (χ4n) is 4.48. The standard InChI is InChI=1S/C30H37BrF2N4O6/c1-30(2,3)43-29(41)37-24(14-18-6-8-20(31)9-7-18)26(42-28(37)40)27(39)36-13-5-4-12-35-25(38)17-22(34)16-19-15-21(32)10-11-23(19)33/h6-11,15,22,24,26H,4-5,12-14,16-17,34H2,1-3H3,(H,35,38)(H,36,39). The maximum atomic E-state index is 13.8. The molecule has 10 nitrogen and oxygen atoms in total. The molecule has 1 heterocycles. The molecule has 4 N–H and O–H groups in total. The third-order valence-corrected chi connectivity index (χ3v) is 7.00. The number of nitrogens with one attached hydrogen (secondary N) is 2. The Balaban J connectivity index is 1.47. The average Bonchev–Trinajstić information content (AvgIpc) is 3.24. The molecule has 234 valence electrons. The molecule has 2 aromatic rings. The minimum Gasteiger partial charge on any atom is -0.443 e. The summed E-state index contributed by atoms with van der Waals surface area (Å²) < 4.78 is 38.7. The van der Waals surface area contributed by atoms with Crippen molar-refractivity contribution in [1.82, 2.24) is 15.5 Å². The fourth-order valence-corrected chi connectivity index (χ4v) is 4.74. The second-order valence-electron chi connectivity index (χ2n) is 11.3. The summed E-state index contributed by atoms with van der Waals surface area (Å²) in [5, 5.41) is 5.45. The van der Waals surface area contributed by atoms with Gasteiger partial charge in [0.1, 0.15) is 17.2 Å². The Morgan fingerprint density at radius 1 is 1.07 bits per heavy atom. The molecule has 0 radical (unpaired) electrons. The van der Waals surface area contributed by atoms with E-state index in [9.17, 15) is 28.0 Å². The van der Waals surface area contributed by atoms with Crippen molar-refractivity contribution < 1.29 is 37.4 Å². The highest BCUT2D eigenvalue weighted by atomic mass is 79.9. The summed E-state index contributed by atoms with van der Waals surface area (Å²) in [4.78, 5) is 51.6. The Morgan fingerprint density at radius 3 is 2.37 bits per heavy atom. The lowest BCUT2D eigenvalue weighted by Gasteiger charge is -2.26. The summed E-state index contributed by atoms with van der Waals surface area (Å²) in [7, 11) is 0. The van der Waals surface area contributed by atoms with Gasteiger partial charge in [0.15, 0.2) is 0 Å². The maximum absolute atomic E-state index is 13.8. The Labute approximate surface area is 257 Å². The van der Waals surface area contributed by atoms with Gasteiger partial charge in [-0.25, -0.2) is 23.3 Å². The monoisotopic (exact) mass is 666 g/mol. The van der Waals surface area contributed by atoms with Gasteiger partial charge in [-0.05, 0) is 87.9 Å². The van der Waals surface area contributed by atoms with Gasteiger partial charge in [0.05, 0.1) is 6.04 Å². The molecule has 3 unspecified atom stereocenters. The third kappa shape index (κ3) is 10.6. The maximum Gasteiger partial charge on any atom is 0.420 e. The molecule has 4 amide bonds. The van der Waals surface area contributed by atoms with Crippen LogP contribution in [0, 0.1) is 11.6 Å². The first-order valence-electron chi connectivity index (χ1n) is 13.9. The number of hydrogen-bond acceptors (Lipinski definition) is 7. The summed E-state index contributed by atoms with van der Waals surface area (Å²) >= 11 is 3.37. The van der Waals surface area contributed by atoms with Crippen LogP contribution in [0.25, 0.3) is 0 Å². The molecule has 43 heavy (non-hydrogen) atoms. The zero-order chi connectivity index (χ0) is 31.7. The number of hydrogen-bond donors (Lipinski definition) is 3. The summed E-state index contributed by atoms with van der Waals surface area (Å²) in [5.41, 5.74) is 5.97. The summed E-state index contributed by atoms with van der Waals surface area (Å²) in [6.45, 7) is 5.56. The van der Waals surface area contributed by atoms with Crippen molar-refractivity contribution >= 4 is 39.9 Å². The quantitative estimate of drug-likeness (QED) is 0.286. The Kier molecular flexibility index (Phi) is 12.0. The number of imide groups is 1. The van der Waals surface area contributed by atoms with Crippen molar-refractivity contribution in [3.05, 3.63) is 69.7 Å². The van der Waals surface area contributed by atoms with E-state index in [1.54, 1.807) is 20.8 Å². The van der Waals surface area contributed by atoms with Gasteiger partial charge >= 0.3 is 12.2 Å². The minimum atomic E-state index is -1.24. The molecule has 13 heteroatoms. The average molecular weight is 668 g/mol. The van der Waals surface area contributed by atoms with Gasteiger partial charge in [-0.15, -0.1) is 0 Å². The van der Waals surface area contributed by atoms with Gasteiger partial charge in [0, 0.05) is 30.0 Å². The number of halogens is 3. The van der Waals surface area contributed by atoms with Gasteiger partial charge in [0.2, 0.25) is 12.0 Å². The molecular formula is C30H37BrF2N4O6. The lowest BCUT2D eigenvalue weighted by molar-refractivity contribution is -0.129. The molecule has 1 aliphatic rings. The van der Waals surface area contributed by atoms with Crippen LogP contribution in [0.1, 0.15) is 51.2 Å². The first-order valence-corrected chi connectivity index (χ1v) is 14.7. The predicted octanol–water partition coefficient (Wildman–Crippen LogP) is 4.37. The van der Waals surface area contributed by atoms with Gasteiger partial charge < -0.3 is 25.8 Å². The number of amides is 4. The number of carbonyl (C=O) groups excluding carboxylic acids is 4. The normalized spacial score (nSPS) is 17.3. The van der Waals surface area contributed by atoms with Gasteiger partial charge in [-0.1, -0.05) is 28.1 Å². The highest BCUT2D eigenvalue weighted by Crippen LogP contribution is 2.26. The lowest BCUT2D eigenvalue weighted by Crippen LogP contribution is -2.49. The van der Waals surface area contributed by atoms with E-state index < -0.39 is 53.5 Å². The number of nitrogens with two attached hydrogens (primary N) is 1. The minimum absolute atomic E-state index is 0.0168. The number of ether oxygens (including phenoxy) is 2. The van der Waals surface area contributed by atoms with E-state index in [4.69, 9.17) is 15.2 Å². The van der Waals surface area contributed by atoms with Gasteiger partial charge in [-0.3, -0.25) is 9.59 Å². The van der Waals surface area contributed by atoms with Crippen LogP contribution in [0.3, 0.4) is 0 Å². The van der Waals surface area contributed by atoms with E-state index >= 15 is 0 Å². The van der Waals surface area contributed by atoms with Crippen LogP contribution in [0.2, 0.25) is 0 Å². The van der Waals surface area contributed by atoms with Crippen molar-refractivity contribution in [1.29, 1.82) is 0 Å². The number of unbranched alkanes of at least 4 members (excludes halogenated alkanes) is 1. The second kappa shape index (κ2) is 15.2. The van der Waals surface area contributed by atoms with E-state index in [2.05, 4.69) is 26.6 Å². The van der Waals surface area contributed by atoms with Crippen molar-refractivity contribution in [3.63, 3.8) is 0 Å². The van der Waals surface area contributed by atoms with Crippen LogP contribution < -0.4 is 16.4 Å². The van der Waals surface area contributed by atoms with Crippen LogP contribution in [0.15, 0.2) is 46.9 Å². The Bertz CT molecular complexity index is 1300. The molecular weight excluding hydrogens is 630 g/mol. The molecule has 0 spiro atoms. The van der Waals surface area contributed by atoms with E-state index in [1.165, 1.54) is 0 Å².